The molecule has 0 N–H and O–H groups in total. The molecule has 0 saturated carbocycles. The van der Waals surface area contributed by atoms with Crippen LogP contribution in [0.1, 0.15) is 49.3 Å². The molecule has 1 aromatic carbocycles. The molecule has 1 aliphatic heterocycles. The van der Waals surface area contributed by atoms with Crippen LogP contribution in [0.2, 0.25) is 0 Å². The molecule has 5 nitrogen and oxygen atoms in total. The molecule has 0 aliphatic carbocycles. The van der Waals surface area contributed by atoms with E-state index in [1.165, 1.54) is 11.6 Å². The van der Waals surface area contributed by atoms with E-state index in [0.29, 0.717) is 30.1 Å². The Morgan fingerprint density at radius 3 is 2.79 bits per heavy atom. The van der Waals surface area contributed by atoms with Gasteiger partial charge in [-0.2, -0.15) is 0 Å². The summed E-state index contributed by atoms with van der Waals surface area (Å²) in [6, 6.07) is 5.29. The smallest absolute Gasteiger partial charge is 0.336 e. The normalized spacial score (nSPS) is 17.6. The molecule has 24 heavy (non-hydrogen) atoms. The molecule has 5 heteroatoms. The minimum absolute atomic E-state index is 0.0430. The summed E-state index contributed by atoms with van der Waals surface area (Å²) in [6.07, 6.45) is 1.08. The van der Waals surface area contributed by atoms with Gasteiger partial charge in [0.05, 0.1) is 0 Å². The topological polar surface area (TPSA) is 65.7 Å². The zero-order valence-corrected chi connectivity index (χ0v) is 14.3. The lowest BCUT2D eigenvalue weighted by Gasteiger charge is -2.14. The highest BCUT2D eigenvalue weighted by atomic mass is 16.6. The van der Waals surface area contributed by atoms with E-state index >= 15 is 0 Å². The summed E-state index contributed by atoms with van der Waals surface area (Å²) < 4.78 is 16.0. The summed E-state index contributed by atoms with van der Waals surface area (Å²) in [5, 5.41) is 0.809. The third kappa shape index (κ3) is 3.36. The van der Waals surface area contributed by atoms with Crippen LogP contribution in [0.4, 0.5) is 0 Å². The van der Waals surface area contributed by atoms with E-state index in [1.54, 1.807) is 0 Å². The van der Waals surface area contributed by atoms with Gasteiger partial charge in [-0.1, -0.05) is 13.8 Å². The summed E-state index contributed by atoms with van der Waals surface area (Å²) in [7, 11) is 0. The number of carbonyl (C=O) groups excluding carboxylic acids is 1. The maximum absolute atomic E-state index is 12.0. The van der Waals surface area contributed by atoms with Gasteiger partial charge in [0.15, 0.2) is 6.10 Å². The quantitative estimate of drug-likeness (QED) is 0.634. The van der Waals surface area contributed by atoms with Gasteiger partial charge in [0.25, 0.3) is 0 Å². The Bertz CT molecular complexity index is 812. The van der Waals surface area contributed by atoms with Gasteiger partial charge >= 0.3 is 11.6 Å². The van der Waals surface area contributed by atoms with Crippen LogP contribution in [-0.4, -0.2) is 18.7 Å². The van der Waals surface area contributed by atoms with Crippen molar-refractivity contribution in [1.82, 2.24) is 0 Å². The van der Waals surface area contributed by atoms with E-state index in [4.69, 9.17) is 13.9 Å². The second-order valence-corrected chi connectivity index (χ2v) is 6.56. The van der Waals surface area contributed by atoms with E-state index in [9.17, 15) is 9.59 Å². The van der Waals surface area contributed by atoms with Crippen LogP contribution in [0.25, 0.3) is 11.0 Å². The van der Waals surface area contributed by atoms with E-state index in [0.717, 1.165) is 17.4 Å². The molecule has 0 unspecified atom stereocenters. The van der Waals surface area contributed by atoms with E-state index in [1.807, 2.05) is 19.1 Å². The van der Waals surface area contributed by atoms with Crippen molar-refractivity contribution < 1.29 is 18.7 Å². The molecular formula is C19H22O5. The molecule has 0 bridgehead atoms. The summed E-state index contributed by atoms with van der Waals surface area (Å²) in [5.41, 5.74) is 3.00. The average Bonchev–Trinajstić information content (AvgIpc) is 3.05. The molecule has 2 aromatic rings. The number of ether oxygens (including phenoxy) is 2. The third-order valence-electron chi connectivity index (χ3n) is 4.40. The van der Waals surface area contributed by atoms with Crippen LogP contribution >= 0.6 is 0 Å². The number of rotatable bonds is 4. The van der Waals surface area contributed by atoms with Crippen molar-refractivity contribution in [1.29, 1.82) is 0 Å². The minimum Gasteiger partial charge on any atom is -0.459 e. The van der Waals surface area contributed by atoms with Crippen molar-refractivity contribution in [3.8, 4) is 0 Å². The standard InChI is InChI=1S/C19H22O5/c1-11(2)14-9-15-13(8-18(20)24-17(15)7-12(14)3)10-23-19(21)16-5-4-6-22-16/h7-9,11,16H,4-6,10H2,1-3H3/t16-/m1/s1. The van der Waals surface area contributed by atoms with Crippen molar-refractivity contribution in [3.63, 3.8) is 0 Å². The third-order valence-corrected chi connectivity index (χ3v) is 4.40. The molecule has 128 valence electrons. The first-order valence-electron chi connectivity index (χ1n) is 8.31. The Morgan fingerprint density at radius 1 is 1.33 bits per heavy atom. The van der Waals surface area contributed by atoms with Crippen molar-refractivity contribution in [2.45, 2.75) is 52.2 Å². The number of aryl methyl sites for hydroxylation is 1. The molecule has 1 saturated heterocycles. The van der Waals surface area contributed by atoms with E-state index in [-0.39, 0.29) is 12.6 Å². The predicted molar refractivity (Wildman–Crippen MR) is 90.1 cm³/mol. The van der Waals surface area contributed by atoms with Gasteiger partial charge in [-0.05, 0) is 48.9 Å². The first kappa shape index (κ1) is 16.7. The lowest BCUT2D eigenvalue weighted by atomic mass is 9.95. The zero-order valence-electron chi connectivity index (χ0n) is 14.3. The molecule has 0 amide bonds. The number of carbonyl (C=O) groups is 1. The van der Waals surface area contributed by atoms with Crippen LogP contribution in [0.5, 0.6) is 0 Å². The van der Waals surface area contributed by atoms with Crippen molar-refractivity contribution in [2.75, 3.05) is 6.61 Å². The van der Waals surface area contributed by atoms with Crippen LogP contribution in [-0.2, 0) is 20.9 Å². The molecule has 1 aromatic heterocycles. The number of hydrogen-bond acceptors (Lipinski definition) is 5. The highest BCUT2D eigenvalue weighted by molar-refractivity contribution is 5.82. The SMILES string of the molecule is Cc1cc2oc(=O)cc(COC(=O)[C@H]3CCCO3)c2cc1C(C)C. The molecule has 3 rings (SSSR count). The highest BCUT2D eigenvalue weighted by Gasteiger charge is 2.25. The Morgan fingerprint density at radius 2 is 2.12 bits per heavy atom. The fourth-order valence-corrected chi connectivity index (χ4v) is 3.14. The van der Waals surface area contributed by atoms with Crippen LogP contribution in [0.3, 0.4) is 0 Å². The number of esters is 1. The predicted octanol–water partition coefficient (Wildman–Crippen LogP) is 3.45. The molecule has 2 heterocycles. The Kier molecular flexibility index (Phi) is 4.71. The van der Waals surface area contributed by atoms with Gasteiger partial charge in [-0.25, -0.2) is 9.59 Å². The molecule has 0 radical (unpaired) electrons. The first-order valence-corrected chi connectivity index (χ1v) is 8.31. The minimum atomic E-state index is -0.482. The summed E-state index contributed by atoms with van der Waals surface area (Å²) in [4.78, 5) is 23.8. The maximum atomic E-state index is 12.0. The van der Waals surface area contributed by atoms with Gasteiger partial charge in [0.1, 0.15) is 12.2 Å². The molecule has 0 spiro atoms. The highest BCUT2D eigenvalue weighted by Crippen LogP contribution is 2.27. The van der Waals surface area contributed by atoms with Crippen LogP contribution in [0.15, 0.2) is 27.4 Å². The Balaban J connectivity index is 1.92. The van der Waals surface area contributed by atoms with E-state index < -0.39 is 11.7 Å². The molecule has 1 atom stereocenters. The first-order chi connectivity index (χ1) is 11.5. The molecule has 1 fully saturated rings. The zero-order chi connectivity index (χ0) is 17.3. The fourth-order valence-electron chi connectivity index (χ4n) is 3.14. The average molecular weight is 330 g/mol. The van der Waals surface area contributed by atoms with Gasteiger partial charge in [-0.15, -0.1) is 0 Å². The number of benzene rings is 1. The lowest BCUT2D eigenvalue weighted by Crippen LogP contribution is -2.22. The monoisotopic (exact) mass is 330 g/mol. The van der Waals surface area contributed by atoms with Gasteiger partial charge in [0.2, 0.25) is 0 Å². The van der Waals surface area contributed by atoms with Crippen LogP contribution < -0.4 is 5.63 Å². The van der Waals surface area contributed by atoms with Gasteiger partial charge in [-0.3, -0.25) is 0 Å². The fraction of sp³-hybridized carbons (Fsp3) is 0.474. The maximum Gasteiger partial charge on any atom is 0.336 e. The second kappa shape index (κ2) is 6.77. The van der Waals surface area contributed by atoms with Crippen molar-refractivity contribution in [3.05, 3.63) is 45.3 Å². The Hall–Kier alpha value is -2.14. The summed E-state index contributed by atoms with van der Waals surface area (Å²) in [6.45, 7) is 6.86. The summed E-state index contributed by atoms with van der Waals surface area (Å²) >= 11 is 0. The van der Waals surface area contributed by atoms with Gasteiger partial charge in [0, 0.05) is 23.6 Å². The van der Waals surface area contributed by atoms with E-state index in [2.05, 4.69) is 13.8 Å². The van der Waals surface area contributed by atoms with Crippen molar-refractivity contribution >= 4 is 16.9 Å². The van der Waals surface area contributed by atoms with Crippen LogP contribution in [0, 0.1) is 6.92 Å². The van der Waals surface area contributed by atoms with Crippen molar-refractivity contribution in [2.24, 2.45) is 0 Å². The largest absolute Gasteiger partial charge is 0.459 e. The number of fused-ring (bicyclic) bond motifs is 1. The summed E-state index contributed by atoms with van der Waals surface area (Å²) in [5.74, 6) is -0.0197. The lowest BCUT2D eigenvalue weighted by molar-refractivity contribution is -0.155. The molecule has 1 aliphatic rings. The van der Waals surface area contributed by atoms with Gasteiger partial charge < -0.3 is 13.9 Å². The molecular weight excluding hydrogens is 308 g/mol. The second-order valence-electron chi connectivity index (χ2n) is 6.56. The Labute approximate surface area is 140 Å². The number of hydrogen-bond donors (Lipinski definition) is 0.